The third kappa shape index (κ3) is 2.90. The first-order chi connectivity index (χ1) is 7.89. The summed E-state index contributed by atoms with van der Waals surface area (Å²) in [6.45, 7) is 2.03. The molecule has 1 aliphatic carbocycles. The summed E-state index contributed by atoms with van der Waals surface area (Å²) in [7, 11) is 0. The van der Waals surface area contributed by atoms with E-state index in [0.717, 1.165) is 37.8 Å². The second-order valence-corrected chi connectivity index (χ2v) is 4.82. The Balaban J connectivity index is 2.17. The van der Waals surface area contributed by atoms with Gasteiger partial charge in [-0.3, -0.25) is 0 Å². The molecule has 0 saturated heterocycles. The molecule has 0 aromatic carbocycles. The smallest absolute Gasteiger partial charge is 0.365 e. The van der Waals surface area contributed by atoms with Crippen molar-refractivity contribution in [2.45, 2.75) is 44.3 Å². The number of aromatic nitrogens is 1. The second kappa shape index (κ2) is 4.20. The average molecular weight is 244 g/mol. The monoisotopic (exact) mass is 244 g/mol. The molecule has 1 aromatic heterocycles. The molecule has 0 aliphatic heterocycles. The van der Waals surface area contributed by atoms with Crippen LogP contribution in [0.15, 0.2) is 18.3 Å². The van der Waals surface area contributed by atoms with E-state index in [1.165, 1.54) is 6.20 Å². The highest BCUT2D eigenvalue weighted by atomic mass is 19.4. The van der Waals surface area contributed by atoms with E-state index in [9.17, 15) is 13.2 Å². The van der Waals surface area contributed by atoms with Gasteiger partial charge in [0.25, 0.3) is 0 Å². The third-order valence-electron chi connectivity index (χ3n) is 3.22. The molecule has 2 nitrogen and oxygen atoms in total. The first-order valence-electron chi connectivity index (χ1n) is 5.71. The third-order valence-corrected chi connectivity index (χ3v) is 3.22. The second-order valence-electron chi connectivity index (χ2n) is 4.82. The lowest BCUT2D eigenvalue weighted by Crippen LogP contribution is -2.31. The average Bonchev–Trinajstić information content (AvgIpc) is 2.64. The van der Waals surface area contributed by atoms with Gasteiger partial charge >= 0.3 is 6.18 Å². The van der Waals surface area contributed by atoms with E-state index in [1.807, 2.05) is 6.92 Å². The van der Waals surface area contributed by atoms with Crippen LogP contribution in [0.25, 0.3) is 0 Å². The summed E-state index contributed by atoms with van der Waals surface area (Å²) in [6.07, 6.45) is 1.07. The summed E-state index contributed by atoms with van der Waals surface area (Å²) in [5.41, 5.74) is -0.770. The first-order valence-corrected chi connectivity index (χ1v) is 5.71. The van der Waals surface area contributed by atoms with E-state index in [2.05, 4.69) is 10.3 Å². The van der Waals surface area contributed by atoms with Crippen molar-refractivity contribution in [3.05, 3.63) is 23.9 Å². The molecule has 0 spiro atoms. The van der Waals surface area contributed by atoms with Gasteiger partial charge in [-0.1, -0.05) is 12.8 Å². The quantitative estimate of drug-likeness (QED) is 0.854. The van der Waals surface area contributed by atoms with Crippen molar-refractivity contribution in [2.75, 3.05) is 5.32 Å². The van der Waals surface area contributed by atoms with Crippen molar-refractivity contribution in [3.8, 4) is 0 Å². The summed E-state index contributed by atoms with van der Waals surface area (Å²) >= 11 is 0. The van der Waals surface area contributed by atoms with Crippen LogP contribution in [0.5, 0.6) is 0 Å². The Morgan fingerprint density at radius 1 is 1.29 bits per heavy atom. The predicted octanol–water partition coefficient (Wildman–Crippen LogP) is 3.85. The minimum atomic E-state index is -4.31. The van der Waals surface area contributed by atoms with Gasteiger partial charge < -0.3 is 5.32 Å². The topological polar surface area (TPSA) is 24.9 Å². The van der Waals surface area contributed by atoms with Crippen LogP contribution in [0.4, 0.5) is 19.0 Å². The fourth-order valence-electron chi connectivity index (χ4n) is 2.26. The van der Waals surface area contributed by atoms with Gasteiger partial charge in [0, 0.05) is 11.7 Å². The maximum Gasteiger partial charge on any atom is 0.416 e. The van der Waals surface area contributed by atoms with Gasteiger partial charge in [-0.25, -0.2) is 4.98 Å². The zero-order valence-electron chi connectivity index (χ0n) is 9.64. The molecule has 1 heterocycles. The lowest BCUT2D eigenvalue weighted by Gasteiger charge is -2.26. The molecule has 0 bridgehead atoms. The van der Waals surface area contributed by atoms with Crippen LogP contribution in [0.3, 0.4) is 0 Å². The molecule has 0 atom stereocenters. The Bertz CT molecular complexity index is 395. The van der Waals surface area contributed by atoms with E-state index in [1.54, 1.807) is 0 Å². The molecule has 0 unspecified atom stereocenters. The molecule has 1 fully saturated rings. The summed E-state index contributed by atoms with van der Waals surface area (Å²) < 4.78 is 37.6. The molecule has 2 rings (SSSR count). The SMILES string of the molecule is CC1(Nc2cc(C(F)(F)F)ccn2)CCCC1. The van der Waals surface area contributed by atoms with Crippen LogP contribution in [0.2, 0.25) is 0 Å². The molecule has 1 aliphatic rings. The molecular formula is C12H15F3N2. The van der Waals surface area contributed by atoms with Gasteiger partial charge in [0.15, 0.2) is 0 Å². The molecule has 94 valence electrons. The maximum absolute atomic E-state index is 12.5. The lowest BCUT2D eigenvalue weighted by molar-refractivity contribution is -0.137. The maximum atomic E-state index is 12.5. The van der Waals surface area contributed by atoms with Crippen molar-refractivity contribution in [1.29, 1.82) is 0 Å². The Hall–Kier alpha value is -1.26. The number of hydrogen-bond acceptors (Lipinski definition) is 2. The number of nitrogens with one attached hydrogen (secondary N) is 1. The Morgan fingerprint density at radius 2 is 1.94 bits per heavy atom. The zero-order chi connectivity index (χ0) is 12.5. The minimum Gasteiger partial charge on any atom is -0.365 e. The van der Waals surface area contributed by atoms with Crippen LogP contribution in [0.1, 0.15) is 38.2 Å². The van der Waals surface area contributed by atoms with Crippen molar-refractivity contribution < 1.29 is 13.2 Å². The van der Waals surface area contributed by atoms with Crippen LogP contribution >= 0.6 is 0 Å². The highest BCUT2D eigenvalue weighted by Gasteiger charge is 2.32. The number of rotatable bonds is 2. The summed E-state index contributed by atoms with van der Waals surface area (Å²) in [4.78, 5) is 3.95. The summed E-state index contributed by atoms with van der Waals surface area (Å²) in [5, 5.41) is 3.12. The molecule has 5 heteroatoms. The van der Waals surface area contributed by atoms with Gasteiger partial charge in [0.2, 0.25) is 0 Å². The van der Waals surface area contributed by atoms with Gasteiger partial charge in [-0.2, -0.15) is 13.2 Å². The first kappa shape index (κ1) is 12.2. The standard InChI is InChI=1S/C12H15F3N2/c1-11(5-2-3-6-11)17-10-8-9(4-7-16-10)12(13,14)15/h4,7-8H,2-3,5-6H2,1H3,(H,16,17). The molecular weight excluding hydrogens is 229 g/mol. The van der Waals surface area contributed by atoms with E-state index in [4.69, 9.17) is 0 Å². The molecule has 0 amide bonds. The van der Waals surface area contributed by atoms with Gasteiger partial charge in [0.05, 0.1) is 5.56 Å². The van der Waals surface area contributed by atoms with E-state index in [0.29, 0.717) is 5.82 Å². The number of nitrogens with zero attached hydrogens (tertiary/aromatic N) is 1. The number of alkyl halides is 3. The van der Waals surface area contributed by atoms with Crippen molar-refractivity contribution in [2.24, 2.45) is 0 Å². The predicted molar refractivity (Wildman–Crippen MR) is 59.7 cm³/mol. The van der Waals surface area contributed by atoms with Crippen molar-refractivity contribution in [3.63, 3.8) is 0 Å². The van der Waals surface area contributed by atoms with Gasteiger partial charge in [-0.05, 0) is 31.9 Å². The van der Waals surface area contributed by atoms with E-state index >= 15 is 0 Å². The fraction of sp³-hybridized carbons (Fsp3) is 0.583. The highest BCUT2D eigenvalue weighted by Crippen LogP contribution is 2.34. The molecule has 1 N–H and O–H groups in total. The number of hydrogen-bond donors (Lipinski definition) is 1. The number of pyridine rings is 1. The minimum absolute atomic E-state index is 0.114. The Kier molecular flexibility index (Phi) is 3.02. The largest absolute Gasteiger partial charge is 0.416 e. The number of anilines is 1. The van der Waals surface area contributed by atoms with Crippen LogP contribution in [0, 0.1) is 0 Å². The summed E-state index contributed by atoms with van der Waals surface area (Å²) in [5.74, 6) is 0.309. The molecule has 1 aromatic rings. The van der Waals surface area contributed by atoms with Crippen LogP contribution < -0.4 is 5.32 Å². The number of halogens is 3. The fourth-order valence-corrected chi connectivity index (χ4v) is 2.26. The zero-order valence-corrected chi connectivity index (χ0v) is 9.64. The Morgan fingerprint density at radius 3 is 2.53 bits per heavy atom. The molecule has 17 heavy (non-hydrogen) atoms. The lowest BCUT2D eigenvalue weighted by atomic mass is 10.0. The highest BCUT2D eigenvalue weighted by molar-refractivity contribution is 5.41. The molecule has 0 radical (unpaired) electrons. The van der Waals surface area contributed by atoms with Crippen LogP contribution in [-0.4, -0.2) is 10.5 Å². The normalized spacial score (nSPS) is 19.3. The van der Waals surface area contributed by atoms with E-state index in [-0.39, 0.29) is 5.54 Å². The molecule has 1 saturated carbocycles. The van der Waals surface area contributed by atoms with Crippen LogP contribution in [-0.2, 0) is 6.18 Å². The van der Waals surface area contributed by atoms with Gasteiger partial charge in [0.1, 0.15) is 5.82 Å². The van der Waals surface area contributed by atoms with E-state index < -0.39 is 11.7 Å². The Labute approximate surface area is 98.2 Å². The van der Waals surface area contributed by atoms with Gasteiger partial charge in [-0.15, -0.1) is 0 Å². The van der Waals surface area contributed by atoms with Crippen molar-refractivity contribution in [1.82, 2.24) is 4.98 Å². The van der Waals surface area contributed by atoms with Crippen molar-refractivity contribution >= 4 is 5.82 Å². The summed E-state index contributed by atoms with van der Waals surface area (Å²) in [6, 6.07) is 2.06.